The lowest BCUT2D eigenvalue weighted by atomic mass is 10.1. The molecule has 0 bridgehead atoms. The van der Waals surface area contributed by atoms with E-state index in [1.807, 2.05) is 0 Å². The second kappa shape index (κ2) is 5.88. The van der Waals surface area contributed by atoms with Crippen LogP contribution in [0.15, 0.2) is 53.1 Å². The number of anilines is 2. The molecule has 2 aromatic carbocycles. The van der Waals surface area contributed by atoms with Crippen molar-refractivity contribution < 1.29 is 13.9 Å². The number of hydrogen-bond acceptors (Lipinski definition) is 3. The summed E-state index contributed by atoms with van der Waals surface area (Å²) in [4.78, 5) is 4.14. The van der Waals surface area contributed by atoms with Gasteiger partial charge in [-0.2, -0.15) is 0 Å². The van der Waals surface area contributed by atoms with Crippen LogP contribution in [0.4, 0.5) is 20.2 Å². The Balaban J connectivity index is 2.03. The van der Waals surface area contributed by atoms with Gasteiger partial charge in [-0.3, -0.25) is 4.98 Å². The molecule has 0 spiro atoms. The highest BCUT2D eigenvalue weighted by atomic mass is 79.9. The molecule has 0 amide bonds. The van der Waals surface area contributed by atoms with Crippen LogP contribution in [-0.2, 0) is 0 Å². The molecular formula is C16H11BrF2N2O. The van der Waals surface area contributed by atoms with Crippen LogP contribution < -0.4 is 5.32 Å². The largest absolute Gasteiger partial charge is 0.508 e. The monoisotopic (exact) mass is 364 g/mol. The van der Waals surface area contributed by atoms with E-state index in [0.717, 1.165) is 16.8 Å². The van der Waals surface area contributed by atoms with E-state index in [-0.39, 0.29) is 11.3 Å². The van der Waals surface area contributed by atoms with Crippen LogP contribution in [0.25, 0.3) is 10.9 Å². The van der Waals surface area contributed by atoms with Gasteiger partial charge in [0.25, 0.3) is 6.43 Å². The normalized spacial score (nSPS) is 11.1. The lowest BCUT2D eigenvalue weighted by molar-refractivity contribution is 0.151. The topological polar surface area (TPSA) is 45.1 Å². The van der Waals surface area contributed by atoms with Gasteiger partial charge in [0.15, 0.2) is 0 Å². The smallest absolute Gasteiger partial charge is 0.263 e. The Morgan fingerprint density at radius 1 is 1.05 bits per heavy atom. The first kappa shape index (κ1) is 14.7. The molecule has 0 saturated heterocycles. The van der Waals surface area contributed by atoms with Crippen molar-refractivity contribution in [3.05, 3.63) is 58.7 Å². The number of aromatic nitrogens is 1. The van der Waals surface area contributed by atoms with E-state index in [9.17, 15) is 13.9 Å². The number of aromatic hydroxyl groups is 1. The Hall–Kier alpha value is -2.21. The first-order chi connectivity index (χ1) is 10.5. The van der Waals surface area contributed by atoms with Crippen molar-refractivity contribution in [1.82, 2.24) is 4.98 Å². The van der Waals surface area contributed by atoms with Crippen LogP contribution in [0.3, 0.4) is 0 Å². The van der Waals surface area contributed by atoms with Crippen molar-refractivity contribution in [3.8, 4) is 5.75 Å². The summed E-state index contributed by atoms with van der Waals surface area (Å²) in [7, 11) is 0. The van der Waals surface area contributed by atoms with E-state index < -0.39 is 6.43 Å². The molecule has 0 fully saturated rings. The molecule has 3 aromatic rings. The summed E-state index contributed by atoms with van der Waals surface area (Å²) in [5.74, 6) is 0.151. The molecule has 0 saturated carbocycles. The number of nitrogens with one attached hydrogen (secondary N) is 1. The summed E-state index contributed by atoms with van der Waals surface area (Å²) >= 11 is 3.36. The number of fused-ring (bicyclic) bond motifs is 1. The fraction of sp³-hybridized carbons (Fsp3) is 0.0625. The third kappa shape index (κ3) is 2.87. The van der Waals surface area contributed by atoms with Gasteiger partial charge >= 0.3 is 0 Å². The first-order valence-electron chi connectivity index (χ1n) is 6.47. The number of nitrogens with zero attached hydrogens (tertiary/aromatic N) is 1. The predicted molar refractivity (Wildman–Crippen MR) is 85.8 cm³/mol. The van der Waals surface area contributed by atoms with Gasteiger partial charge in [0, 0.05) is 27.3 Å². The fourth-order valence-corrected chi connectivity index (χ4v) is 2.63. The summed E-state index contributed by atoms with van der Waals surface area (Å²) < 4.78 is 26.2. The molecule has 3 rings (SSSR count). The number of benzene rings is 2. The van der Waals surface area contributed by atoms with Crippen molar-refractivity contribution in [2.24, 2.45) is 0 Å². The van der Waals surface area contributed by atoms with Gasteiger partial charge < -0.3 is 10.4 Å². The average Bonchev–Trinajstić information content (AvgIpc) is 2.49. The van der Waals surface area contributed by atoms with Crippen LogP contribution in [0.2, 0.25) is 0 Å². The maximum atomic E-state index is 12.8. The minimum Gasteiger partial charge on any atom is -0.508 e. The average molecular weight is 365 g/mol. The van der Waals surface area contributed by atoms with E-state index in [1.54, 1.807) is 36.5 Å². The highest BCUT2D eigenvalue weighted by molar-refractivity contribution is 9.10. The third-order valence-corrected chi connectivity index (χ3v) is 3.90. The molecule has 0 aliphatic rings. The number of hydrogen-bond donors (Lipinski definition) is 2. The molecule has 3 nitrogen and oxygen atoms in total. The third-order valence-electron chi connectivity index (χ3n) is 3.24. The molecule has 0 aliphatic carbocycles. The van der Waals surface area contributed by atoms with Gasteiger partial charge in [0.1, 0.15) is 5.75 Å². The van der Waals surface area contributed by atoms with Crippen molar-refractivity contribution in [2.75, 3.05) is 5.32 Å². The molecule has 2 N–H and O–H groups in total. The van der Waals surface area contributed by atoms with E-state index in [4.69, 9.17) is 0 Å². The second-order valence-electron chi connectivity index (χ2n) is 4.72. The molecule has 22 heavy (non-hydrogen) atoms. The van der Waals surface area contributed by atoms with Crippen LogP contribution in [0, 0.1) is 0 Å². The van der Waals surface area contributed by atoms with Crippen molar-refractivity contribution >= 4 is 38.2 Å². The number of halogens is 3. The van der Waals surface area contributed by atoms with Gasteiger partial charge in [-0.05, 0) is 46.3 Å². The van der Waals surface area contributed by atoms with Crippen LogP contribution in [0.1, 0.15) is 12.0 Å². The van der Waals surface area contributed by atoms with E-state index >= 15 is 0 Å². The lowest BCUT2D eigenvalue weighted by Crippen LogP contribution is -1.94. The zero-order valence-electron chi connectivity index (χ0n) is 11.2. The number of rotatable bonds is 3. The maximum Gasteiger partial charge on any atom is 0.263 e. The summed E-state index contributed by atoms with van der Waals surface area (Å²) in [5, 5.41) is 13.4. The van der Waals surface area contributed by atoms with Crippen molar-refractivity contribution in [1.29, 1.82) is 0 Å². The summed E-state index contributed by atoms with van der Waals surface area (Å²) in [6.45, 7) is 0. The summed E-state index contributed by atoms with van der Waals surface area (Å²) in [6, 6.07) is 11.0. The highest BCUT2D eigenvalue weighted by Gasteiger charge is 2.10. The minimum atomic E-state index is -2.52. The number of alkyl halides is 2. The predicted octanol–water partition coefficient (Wildman–Crippen LogP) is 5.38. The number of phenols is 1. The second-order valence-corrected chi connectivity index (χ2v) is 5.58. The summed E-state index contributed by atoms with van der Waals surface area (Å²) in [6.07, 6.45) is -0.956. The van der Waals surface area contributed by atoms with Crippen LogP contribution in [0.5, 0.6) is 5.75 Å². The van der Waals surface area contributed by atoms with E-state index in [1.165, 1.54) is 12.1 Å². The van der Waals surface area contributed by atoms with Crippen LogP contribution in [-0.4, -0.2) is 10.1 Å². The quantitative estimate of drug-likeness (QED) is 0.612. The number of pyridine rings is 1. The molecule has 0 unspecified atom stereocenters. The van der Waals surface area contributed by atoms with Gasteiger partial charge in [-0.15, -0.1) is 0 Å². The number of phenolic OH excluding ortho intramolecular Hbond substituents is 1. The Kier molecular flexibility index (Phi) is 3.94. The Morgan fingerprint density at radius 3 is 2.59 bits per heavy atom. The molecule has 0 aliphatic heterocycles. The fourth-order valence-electron chi connectivity index (χ4n) is 2.16. The molecule has 0 radical (unpaired) electrons. The standard InChI is InChI=1S/C16H11BrF2N2O/c17-12-8-10(22)2-4-14(12)21-13-5-6-20-15-7-9(16(18)19)1-3-11(13)15/h1-8,16,22H,(H,20,21). The van der Waals surface area contributed by atoms with Gasteiger partial charge in [0.2, 0.25) is 0 Å². The zero-order chi connectivity index (χ0) is 15.7. The Morgan fingerprint density at radius 2 is 1.86 bits per heavy atom. The summed E-state index contributed by atoms with van der Waals surface area (Å²) in [5.41, 5.74) is 1.95. The SMILES string of the molecule is Oc1ccc(Nc2ccnc3cc(C(F)F)ccc23)c(Br)c1. The van der Waals surface area contributed by atoms with Crippen molar-refractivity contribution in [2.45, 2.75) is 6.43 Å². The Labute approximate surface area is 133 Å². The molecule has 6 heteroatoms. The minimum absolute atomic E-state index is 0.0528. The molecular weight excluding hydrogens is 354 g/mol. The van der Waals surface area contributed by atoms with Gasteiger partial charge in [-0.1, -0.05) is 12.1 Å². The highest BCUT2D eigenvalue weighted by Crippen LogP contribution is 2.32. The zero-order valence-corrected chi connectivity index (χ0v) is 12.8. The van der Waals surface area contributed by atoms with Crippen LogP contribution >= 0.6 is 15.9 Å². The molecule has 1 heterocycles. The Bertz CT molecular complexity index is 839. The van der Waals surface area contributed by atoms with E-state index in [2.05, 4.69) is 26.2 Å². The molecule has 0 atom stereocenters. The van der Waals surface area contributed by atoms with Gasteiger partial charge in [-0.25, -0.2) is 8.78 Å². The van der Waals surface area contributed by atoms with Gasteiger partial charge in [0.05, 0.1) is 11.2 Å². The first-order valence-corrected chi connectivity index (χ1v) is 7.26. The molecule has 112 valence electrons. The lowest BCUT2D eigenvalue weighted by Gasteiger charge is -2.12. The molecule has 1 aromatic heterocycles. The van der Waals surface area contributed by atoms with E-state index in [0.29, 0.717) is 9.99 Å². The maximum absolute atomic E-state index is 12.8. The van der Waals surface area contributed by atoms with Crippen molar-refractivity contribution in [3.63, 3.8) is 0 Å².